The number of β-amino-alcohol motifs (C(OH)–C–C–N with tert-alkyl or cyclic N) is 1. The molecule has 1 aliphatic heterocycles. The fourth-order valence-corrected chi connectivity index (χ4v) is 7.31. The highest BCUT2D eigenvalue weighted by atomic mass is 32.2. The highest BCUT2D eigenvalue weighted by Gasteiger charge is 2.75. The second-order valence-electron chi connectivity index (χ2n) is 9.39. The van der Waals surface area contributed by atoms with E-state index in [9.17, 15) is 13.5 Å². The monoisotopic (exact) mass is 457 g/mol. The molecule has 7 nitrogen and oxygen atoms in total. The van der Waals surface area contributed by atoms with Gasteiger partial charge in [0.15, 0.2) is 0 Å². The van der Waals surface area contributed by atoms with E-state index in [2.05, 4.69) is 9.62 Å². The summed E-state index contributed by atoms with van der Waals surface area (Å²) < 4.78 is 33.8. The molecule has 3 aliphatic rings. The summed E-state index contributed by atoms with van der Waals surface area (Å²) in [7, 11) is -2.02. The van der Waals surface area contributed by atoms with Crippen molar-refractivity contribution in [3.63, 3.8) is 0 Å². The minimum absolute atomic E-state index is 0.0167. The molecule has 1 spiro atoms. The minimum atomic E-state index is -3.58. The average Bonchev–Trinajstić information content (AvgIpc) is 2.76. The highest BCUT2D eigenvalue weighted by molar-refractivity contribution is 7.89. The van der Waals surface area contributed by atoms with E-state index in [1.165, 1.54) is 0 Å². The van der Waals surface area contributed by atoms with Crippen LogP contribution in [0.3, 0.4) is 0 Å². The molecule has 2 aliphatic carbocycles. The van der Waals surface area contributed by atoms with Crippen LogP contribution in [0.1, 0.15) is 24.8 Å². The summed E-state index contributed by atoms with van der Waals surface area (Å²) in [4.78, 5) is 2.60. The van der Waals surface area contributed by atoms with Crippen LogP contribution in [0.2, 0.25) is 0 Å². The van der Waals surface area contributed by atoms with Gasteiger partial charge in [-0.2, -0.15) is 0 Å². The summed E-state index contributed by atoms with van der Waals surface area (Å²) in [5.41, 5.74) is 7.43. The maximum Gasteiger partial charge on any atom is 0.240 e. The minimum Gasteiger partial charge on any atom is -0.497 e. The van der Waals surface area contributed by atoms with Gasteiger partial charge in [-0.25, -0.2) is 13.1 Å². The molecule has 5 rings (SSSR count). The van der Waals surface area contributed by atoms with Crippen LogP contribution in [0, 0.1) is 5.41 Å². The quantitative estimate of drug-likeness (QED) is 0.527. The van der Waals surface area contributed by atoms with E-state index in [1.807, 2.05) is 30.3 Å². The molecule has 6 atom stereocenters. The first-order valence-electron chi connectivity index (χ1n) is 11.2. The number of nitrogens with zero attached hydrogens (tertiary/aromatic N) is 1. The van der Waals surface area contributed by atoms with Crippen LogP contribution < -0.4 is 15.2 Å². The van der Waals surface area contributed by atoms with E-state index in [0.717, 1.165) is 24.8 Å². The van der Waals surface area contributed by atoms with Gasteiger partial charge in [0.1, 0.15) is 5.75 Å². The number of sulfonamides is 1. The number of likely N-dealkylation sites (tertiary alicyclic amines) is 1. The highest BCUT2D eigenvalue weighted by Crippen LogP contribution is 2.68. The number of piperidine rings is 2. The van der Waals surface area contributed by atoms with Gasteiger partial charge in [-0.3, -0.25) is 4.90 Å². The van der Waals surface area contributed by atoms with E-state index in [4.69, 9.17) is 10.5 Å². The van der Waals surface area contributed by atoms with E-state index >= 15 is 0 Å². The first-order valence-corrected chi connectivity index (χ1v) is 12.7. The Morgan fingerprint density at radius 1 is 1.19 bits per heavy atom. The summed E-state index contributed by atoms with van der Waals surface area (Å²) in [6, 6.07) is 16.7. The van der Waals surface area contributed by atoms with Crippen LogP contribution in [-0.2, 0) is 16.4 Å². The number of rotatable bonds is 9. The van der Waals surface area contributed by atoms with Crippen molar-refractivity contribution in [3.8, 4) is 5.75 Å². The molecule has 0 bridgehead atoms. The summed E-state index contributed by atoms with van der Waals surface area (Å²) in [6.45, 7) is 0.545. The summed E-state index contributed by atoms with van der Waals surface area (Å²) in [6.07, 6.45) is 2.87. The number of benzene rings is 2. The number of hydrogen-bond acceptors (Lipinski definition) is 6. The van der Waals surface area contributed by atoms with Crippen molar-refractivity contribution in [1.29, 1.82) is 0 Å². The van der Waals surface area contributed by atoms with Crippen molar-refractivity contribution in [1.82, 2.24) is 9.62 Å². The summed E-state index contributed by atoms with van der Waals surface area (Å²) in [5.74, 6) is 0.629. The molecule has 3 fully saturated rings. The van der Waals surface area contributed by atoms with Crippen LogP contribution in [0.4, 0.5) is 0 Å². The maximum absolute atomic E-state index is 12.9. The van der Waals surface area contributed by atoms with Crippen LogP contribution in [0.5, 0.6) is 5.75 Å². The molecule has 4 N–H and O–H groups in total. The molecular formula is C24H31N3O4S. The molecule has 1 heterocycles. The van der Waals surface area contributed by atoms with Gasteiger partial charge in [0, 0.05) is 36.1 Å². The molecule has 32 heavy (non-hydrogen) atoms. The Labute approximate surface area is 189 Å². The van der Waals surface area contributed by atoms with Gasteiger partial charge in [0.05, 0.1) is 18.1 Å². The molecule has 0 aromatic heterocycles. The SMILES string of the molecule is COc1ccc(S(=O)(=O)NC2CC3N(CC(O)C(N)Cc4ccccc4)C4CCC243)cc1. The zero-order valence-corrected chi connectivity index (χ0v) is 19.0. The molecule has 2 aromatic rings. The first-order chi connectivity index (χ1) is 15.3. The van der Waals surface area contributed by atoms with E-state index in [0.29, 0.717) is 30.8 Å². The van der Waals surface area contributed by atoms with Crippen molar-refractivity contribution in [2.24, 2.45) is 11.1 Å². The van der Waals surface area contributed by atoms with Gasteiger partial charge >= 0.3 is 0 Å². The number of aliphatic hydroxyl groups is 1. The van der Waals surface area contributed by atoms with Crippen LogP contribution in [0.15, 0.2) is 59.5 Å². The zero-order valence-electron chi connectivity index (χ0n) is 18.2. The Bertz CT molecular complexity index is 1050. The second-order valence-corrected chi connectivity index (χ2v) is 11.1. The van der Waals surface area contributed by atoms with Crippen molar-refractivity contribution < 1.29 is 18.3 Å². The molecule has 8 heteroatoms. The van der Waals surface area contributed by atoms with E-state index in [1.54, 1.807) is 31.4 Å². The topological polar surface area (TPSA) is 105 Å². The van der Waals surface area contributed by atoms with E-state index < -0.39 is 16.1 Å². The lowest BCUT2D eigenvalue weighted by Gasteiger charge is -2.80. The Morgan fingerprint density at radius 3 is 2.50 bits per heavy atom. The standard InChI is InChI=1S/C24H31N3O4S/c1-31-17-7-9-18(10-8-17)32(29,30)26-21-14-23-24(21)12-11-22(24)27(23)15-20(28)19(25)13-16-5-3-2-4-6-16/h2-10,19-23,26,28H,11-15,25H2,1H3. The van der Waals surface area contributed by atoms with Crippen LogP contribution in [0.25, 0.3) is 0 Å². The third kappa shape index (κ3) is 3.45. The number of ether oxygens (including phenoxy) is 1. The van der Waals surface area contributed by atoms with Crippen molar-refractivity contribution in [3.05, 3.63) is 60.2 Å². The molecule has 2 aromatic carbocycles. The van der Waals surface area contributed by atoms with E-state index in [-0.39, 0.29) is 22.4 Å². The number of methoxy groups -OCH3 is 1. The number of nitrogens with two attached hydrogens (primary N) is 1. The van der Waals surface area contributed by atoms with Gasteiger partial charge in [-0.1, -0.05) is 30.3 Å². The molecule has 2 saturated carbocycles. The largest absolute Gasteiger partial charge is 0.497 e. The Kier molecular flexibility index (Phi) is 5.54. The fraction of sp³-hybridized carbons (Fsp3) is 0.500. The summed E-state index contributed by atoms with van der Waals surface area (Å²) >= 11 is 0. The maximum atomic E-state index is 12.9. The first kappa shape index (κ1) is 21.9. The normalized spacial score (nSPS) is 30.7. The lowest BCUT2D eigenvalue weighted by Crippen LogP contribution is -2.89. The molecule has 6 unspecified atom stereocenters. The molecule has 0 amide bonds. The fourth-order valence-electron chi connectivity index (χ4n) is 5.99. The number of nitrogens with one attached hydrogen (secondary N) is 1. The number of hydrogen-bond donors (Lipinski definition) is 3. The Morgan fingerprint density at radius 2 is 1.91 bits per heavy atom. The number of aliphatic hydroxyl groups excluding tert-OH is 1. The van der Waals surface area contributed by atoms with Crippen molar-refractivity contribution in [2.45, 2.75) is 60.9 Å². The van der Waals surface area contributed by atoms with Gasteiger partial charge < -0.3 is 15.6 Å². The molecular weight excluding hydrogens is 426 g/mol. The average molecular weight is 458 g/mol. The lowest BCUT2D eigenvalue weighted by atomic mass is 9.40. The predicted octanol–water partition coefficient (Wildman–Crippen LogP) is 1.51. The zero-order chi connectivity index (χ0) is 22.5. The molecule has 1 saturated heterocycles. The van der Waals surface area contributed by atoms with Gasteiger partial charge in [-0.05, 0) is 55.5 Å². The molecule has 0 radical (unpaired) electrons. The lowest BCUT2D eigenvalue weighted by molar-refractivity contribution is -0.284. The Hall–Kier alpha value is -1.97. The van der Waals surface area contributed by atoms with Crippen molar-refractivity contribution >= 4 is 10.0 Å². The smallest absolute Gasteiger partial charge is 0.240 e. The van der Waals surface area contributed by atoms with Crippen molar-refractivity contribution in [2.75, 3.05) is 13.7 Å². The Balaban J connectivity index is 1.19. The predicted molar refractivity (Wildman–Crippen MR) is 122 cm³/mol. The third-order valence-electron chi connectivity index (χ3n) is 7.87. The van der Waals surface area contributed by atoms with Gasteiger partial charge in [-0.15, -0.1) is 0 Å². The van der Waals surface area contributed by atoms with Crippen LogP contribution >= 0.6 is 0 Å². The second kappa shape index (κ2) is 8.11. The van der Waals surface area contributed by atoms with Gasteiger partial charge in [0.25, 0.3) is 0 Å². The summed E-state index contributed by atoms with van der Waals surface area (Å²) in [5, 5.41) is 10.7. The van der Waals surface area contributed by atoms with Gasteiger partial charge in [0.2, 0.25) is 10.0 Å². The molecule has 172 valence electrons. The third-order valence-corrected chi connectivity index (χ3v) is 9.36. The van der Waals surface area contributed by atoms with Crippen LogP contribution in [-0.4, -0.2) is 62.4 Å².